The van der Waals surface area contributed by atoms with E-state index < -0.39 is 0 Å². The zero-order valence-electron chi connectivity index (χ0n) is 12.5. The maximum Gasteiger partial charge on any atom is 0.127 e. The van der Waals surface area contributed by atoms with Crippen molar-refractivity contribution in [2.24, 2.45) is 0 Å². The molecule has 0 atom stereocenters. The lowest BCUT2D eigenvalue weighted by molar-refractivity contribution is 0.341. The predicted octanol–water partition coefficient (Wildman–Crippen LogP) is 4.25. The molecule has 2 nitrogen and oxygen atoms in total. The van der Waals surface area contributed by atoms with Gasteiger partial charge in [-0.2, -0.15) is 0 Å². The van der Waals surface area contributed by atoms with Crippen LogP contribution in [0.25, 0.3) is 11.1 Å². The van der Waals surface area contributed by atoms with Crippen LogP contribution < -0.4 is 10.1 Å². The molecule has 0 aliphatic rings. The Morgan fingerprint density at radius 1 is 1.00 bits per heavy atom. The Morgan fingerprint density at radius 3 is 2.35 bits per heavy atom. The number of nitrogens with one attached hydrogen (secondary N) is 1. The zero-order chi connectivity index (χ0) is 14.4. The fourth-order valence-electron chi connectivity index (χ4n) is 2.11. The van der Waals surface area contributed by atoms with Gasteiger partial charge in [-0.05, 0) is 24.1 Å². The second-order valence-electron chi connectivity index (χ2n) is 5.16. The molecular weight excluding hydrogens is 246 g/mol. The van der Waals surface area contributed by atoms with Gasteiger partial charge in [0.15, 0.2) is 0 Å². The van der Waals surface area contributed by atoms with Gasteiger partial charge in [-0.3, -0.25) is 0 Å². The number of para-hydroxylation sites is 1. The Kier molecular flexibility index (Phi) is 5.19. The van der Waals surface area contributed by atoms with Crippen molar-refractivity contribution in [1.29, 1.82) is 0 Å². The van der Waals surface area contributed by atoms with E-state index in [0.717, 1.165) is 17.9 Å². The third kappa shape index (κ3) is 3.84. The number of rotatable bonds is 6. The van der Waals surface area contributed by atoms with Crippen molar-refractivity contribution in [3.05, 3.63) is 54.1 Å². The van der Waals surface area contributed by atoms with Crippen molar-refractivity contribution in [3.63, 3.8) is 0 Å². The van der Waals surface area contributed by atoms with Gasteiger partial charge in [-0.15, -0.1) is 0 Å². The number of hydrogen-bond donors (Lipinski definition) is 1. The molecule has 0 saturated heterocycles. The monoisotopic (exact) mass is 269 g/mol. The van der Waals surface area contributed by atoms with E-state index in [1.54, 1.807) is 0 Å². The van der Waals surface area contributed by atoms with Crippen LogP contribution >= 0.6 is 0 Å². The van der Waals surface area contributed by atoms with Crippen LogP contribution in [0.15, 0.2) is 48.5 Å². The van der Waals surface area contributed by atoms with Crippen LogP contribution in [-0.2, 0) is 6.54 Å². The quantitative estimate of drug-likeness (QED) is 0.846. The molecule has 0 spiro atoms. The Bertz CT molecular complexity index is 531. The summed E-state index contributed by atoms with van der Waals surface area (Å²) < 4.78 is 5.69. The van der Waals surface area contributed by atoms with E-state index in [1.807, 2.05) is 25.1 Å². The fraction of sp³-hybridized carbons (Fsp3) is 0.333. The second kappa shape index (κ2) is 7.11. The normalized spacial score (nSPS) is 10.8. The van der Waals surface area contributed by atoms with Crippen molar-refractivity contribution in [3.8, 4) is 16.9 Å². The minimum Gasteiger partial charge on any atom is -0.493 e. The third-order valence-corrected chi connectivity index (χ3v) is 3.17. The van der Waals surface area contributed by atoms with Gasteiger partial charge in [0.1, 0.15) is 5.75 Å². The molecule has 0 unspecified atom stereocenters. The van der Waals surface area contributed by atoms with Gasteiger partial charge in [0, 0.05) is 18.2 Å². The first kappa shape index (κ1) is 14.6. The molecule has 20 heavy (non-hydrogen) atoms. The van der Waals surface area contributed by atoms with E-state index in [1.165, 1.54) is 11.1 Å². The Labute approximate surface area is 121 Å². The molecule has 2 aromatic carbocycles. The van der Waals surface area contributed by atoms with E-state index in [0.29, 0.717) is 12.6 Å². The smallest absolute Gasteiger partial charge is 0.127 e. The summed E-state index contributed by atoms with van der Waals surface area (Å²) in [6, 6.07) is 17.4. The molecule has 0 bridgehead atoms. The maximum atomic E-state index is 5.69. The summed E-state index contributed by atoms with van der Waals surface area (Å²) in [5, 5.41) is 3.43. The van der Waals surface area contributed by atoms with Crippen molar-refractivity contribution < 1.29 is 4.74 Å². The zero-order valence-corrected chi connectivity index (χ0v) is 12.5. The van der Waals surface area contributed by atoms with E-state index in [2.05, 4.69) is 49.5 Å². The molecular formula is C18H23NO. The SMILES string of the molecule is CCOc1ccccc1-c1ccc(CNC(C)C)cc1. The Morgan fingerprint density at radius 2 is 1.70 bits per heavy atom. The standard InChI is InChI=1S/C18H23NO/c1-4-20-18-8-6-5-7-17(18)16-11-9-15(10-12-16)13-19-14(2)3/h5-12,14,19H,4,13H2,1-3H3. The summed E-state index contributed by atoms with van der Waals surface area (Å²) in [5.41, 5.74) is 3.65. The summed E-state index contributed by atoms with van der Waals surface area (Å²) in [6.45, 7) is 7.93. The third-order valence-electron chi connectivity index (χ3n) is 3.17. The molecule has 0 fully saturated rings. The number of hydrogen-bond acceptors (Lipinski definition) is 2. The second-order valence-corrected chi connectivity index (χ2v) is 5.16. The molecule has 0 saturated carbocycles. The number of benzene rings is 2. The van der Waals surface area contributed by atoms with Gasteiger partial charge in [-0.25, -0.2) is 0 Å². The highest BCUT2D eigenvalue weighted by atomic mass is 16.5. The highest BCUT2D eigenvalue weighted by Crippen LogP contribution is 2.29. The minimum atomic E-state index is 0.508. The molecule has 1 N–H and O–H groups in total. The molecule has 2 aromatic rings. The van der Waals surface area contributed by atoms with Crippen molar-refractivity contribution in [2.75, 3.05) is 6.61 Å². The van der Waals surface area contributed by atoms with Crippen molar-refractivity contribution >= 4 is 0 Å². The van der Waals surface area contributed by atoms with Crippen LogP contribution in [0.4, 0.5) is 0 Å². The largest absolute Gasteiger partial charge is 0.493 e. The Hall–Kier alpha value is -1.80. The highest BCUT2D eigenvalue weighted by molar-refractivity contribution is 5.70. The van der Waals surface area contributed by atoms with E-state index in [4.69, 9.17) is 4.74 Å². The molecule has 106 valence electrons. The first-order valence-electron chi connectivity index (χ1n) is 7.25. The summed E-state index contributed by atoms with van der Waals surface area (Å²) in [4.78, 5) is 0. The Balaban J connectivity index is 2.17. The molecule has 0 heterocycles. The maximum absolute atomic E-state index is 5.69. The molecule has 2 heteroatoms. The van der Waals surface area contributed by atoms with E-state index in [-0.39, 0.29) is 0 Å². The van der Waals surface area contributed by atoms with Gasteiger partial charge >= 0.3 is 0 Å². The fourth-order valence-corrected chi connectivity index (χ4v) is 2.11. The van der Waals surface area contributed by atoms with Gasteiger partial charge in [0.05, 0.1) is 6.61 Å². The van der Waals surface area contributed by atoms with Gasteiger partial charge < -0.3 is 10.1 Å². The van der Waals surface area contributed by atoms with Crippen LogP contribution in [0.5, 0.6) is 5.75 Å². The average Bonchev–Trinajstić information content (AvgIpc) is 2.47. The van der Waals surface area contributed by atoms with Crippen LogP contribution in [0.3, 0.4) is 0 Å². The van der Waals surface area contributed by atoms with Gasteiger partial charge in [-0.1, -0.05) is 56.3 Å². The lowest BCUT2D eigenvalue weighted by Gasteiger charge is -2.11. The van der Waals surface area contributed by atoms with Crippen LogP contribution in [0.1, 0.15) is 26.3 Å². The van der Waals surface area contributed by atoms with E-state index >= 15 is 0 Å². The van der Waals surface area contributed by atoms with Crippen LogP contribution in [0, 0.1) is 0 Å². The lowest BCUT2D eigenvalue weighted by atomic mass is 10.0. The molecule has 0 aliphatic carbocycles. The van der Waals surface area contributed by atoms with Crippen LogP contribution in [0.2, 0.25) is 0 Å². The van der Waals surface area contributed by atoms with E-state index in [9.17, 15) is 0 Å². The highest BCUT2D eigenvalue weighted by Gasteiger charge is 2.05. The first-order chi connectivity index (χ1) is 9.70. The lowest BCUT2D eigenvalue weighted by Crippen LogP contribution is -2.21. The molecule has 2 rings (SSSR count). The number of ether oxygens (including phenoxy) is 1. The molecule has 0 aromatic heterocycles. The van der Waals surface area contributed by atoms with Gasteiger partial charge in [0.2, 0.25) is 0 Å². The molecule has 0 radical (unpaired) electrons. The molecule has 0 aliphatic heterocycles. The van der Waals surface area contributed by atoms with Crippen LogP contribution in [-0.4, -0.2) is 12.6 Å². The summed E-state index contributed by atoms with van der Waals surface area (Å²) in [6.07, 6.45) is 0. The van der Waals surface area contributed by atoms with Crippen molar-refractivity contribution in [2.45, 2.75) is 33.4 Å². The molecule has 0 amide bonds. The summed E-state index contributed by atoms with van der Waals surface area (Å²) in [5.74, 6) is 0.947. The first-order valence-corrected chi connectivity index (χ1v) is 7.25. The van der Waals surface area contributed by atoms with Gasteiger partial charge in [0.25, 0.3) is 0 Å². The van der Waals surface area contributed by atoms with Crippen molar-refractivity contribution in [1.82, 2.24) is 5.32 Å². The minimum absolute atomic E-state index is 0.508. The summed E-state index contributed by atoms with van der Waals surface area (Å²) >= 11 is 0. The topological polar surface area (TPSA) is 21.3 Å². The predicted molar refractivity (Wildman–Crippen MR) is 85.0 cm³/mol. The average molecular weight is 269 g/mol. The summed E-state index contributed by atoms with van der Waals surface area (Å²) in [7, 11) is 0.